The van der Waals surface area contributed by atoms with E-state index in [0.29, 0.717) is 42.3 Å². The fourth-order valence-electron chi connectivity index (χ4n) is 7.11. The van der Waals surface area contributed by atoms with Gasteiger partial charge in [-0.1, -0.05) is 12.0 Å². The second-order valence-corrected chi connectivity index (χ2v) is 12.0. The summed E-state index contributed by atoms with van der Waals surface area (Å²) in [7, 11) is 0. The number of hydrogen-bond donors (Lipinski definition) is 2. The van der Waals surface area contributed by atoms with Crippen LogP contribution in [-0.4, -0.2) is 67.1 Å². The molecule has 2 aliphatic heterocycles. The Morgan fingerprint density at radius 3 is 2.79 bits per heavy atom. The van der Waals surface area contributed by atoms with Gasteiger partial charge in [0.2, 0.25) is 0 Å². The zero-order chi connectivity index (χ0) is 29.4. The summed E-state index contributed by atoms with van der Waals surface area (Å²) in [6.45, 7) is 3.01. The molecule has 3 aliphatic rings. The number of pyridine rings is 1. The van der Waals surface area contributed by atoms with E-state index >= 15 is 4.39 Å². The van der Waals surface area contributed by atoms with Crippen molar-refractivity contribution in [3.05, 3.63) is 53.4 Å². The van der Waals surface area contributed by atoms with Crippen LogP contribution in [0.4, 0.5) is 13.2 Å². The summed E-state index contributed by atoms with van der Waals surface area (Å²) in [5, 5.41) is 22.3. The third-order valence-electron chi connectivity index (χ3n) is 9.40. The average molecular weight is 575 g/mol. The highest BCUT2D eigenvalue weighted by Gasteiger charge is 2.49. The van der Waals surface area contributed by atoms with Crippen molar-refractivity contribution in [3.63, 3.8) is 0 Å². The molecule has 2 aromatic heterocycles. The van der Waals surface area contributed by atoms with Crippen molar-refractivity contribution < 1.29 is 28.1 Å². The van der Waals surface area contributed by atoms with Gasteiger partial charge in [-0.15, -0.1) is 6.42 Å². The molecule has 1 unspecified atom stereocenters. The zero-order valence-corrected chi connectivity index (χ0v) is 23.0. The minimum atomic E-state index is -1.05. The number of aliphatic hydroxyl groups is 1. The first-order valence-electron chi connectivity index (χ1n) is 14.1. The van der Waals surface area contributed by atoms with Gasteiger partial charge in [0.05, 0.1) is 22.4 Å². The number of terminal acetylenes is 1. The van der Waals surface area contributed by atoms with Gasteiger partial charge >= 0.3 is 6.01 Å². The van der Waals surface area contributed by atoms with Crippen LogP contribution in [0.1, 0.15) is 56.2 Å². The van der Waals surface area contributed by atoms with Crippen LogP contribution in [-0.2, 0) is 0 Å². The van der Waals surface area contributed by atoms with E-state index in [0.717, 1.165) is 19.4 Å². The Balaban J connectivity index is 1.39. The predicted octanol–water partition coefficient (Wildman–Crippen LogP) is 5.39. The molecule has 7 nitrogen and oxygen atoms in total. The van der Waals surface area contributed by atoms with Gasteiger partial charge in [-0.2, -0.15) is 9.97 Å². The van der Waals surface area contributed by atoms with Crippen LogP contribution >= 0.6 is 0 Å². The Morgan fingerprint density at radius 2 is 2.05 bits per heavy atom. The minimum Gasteiger partial charge on any atom is -0.508 e. The maximum atomic E-state index is 16.5. The summed E-state index contributed by atoms with van der Waals surface area (Å²) in [5.74, 6) is 0.276. The summed E-state index contributed by atoms with van der Waals surface area (Å²) >= 11 is 0. The summed E-state index contributed by atoms with van der Waals surface area (Å²) in [5.41, 5.74) is -1.34. The number of phenols is 1. The number of aromatic nitrogens is 3. The van der Waals surface area contributed by atoms with Crippen molar-refractivity contribution in [3.8, 4) is 35.4 Å². The molecule has 216 valence electrons. The Hall–Kier alpha value is -3.94. The topological polar surface area (TPSA) is 91.6 Å². The van der Waals surface area contributed by atoms with Gasteiger partial charge in [-0.3, -0.25) is 9.88 Å². The highest BCUT2D eigenvalue weighted by molar-refractivity contribution is 6.02. The summed E-state index contributed by atoms with van der Waals surface area (Å²) in [6, 6.07) is 5.28. The van der Waals surface area contributed by atoms with E-state index < -0.39 is 34.9 Å². The molecule has 4 aromatic rings. The quantitative estimate of drug-likeness (QED) is 0.309. The fraction of sp³-hybridized carbons (Fsp3) is 0.406. The average Bonchev–Trinajstić information content (AvgIpc) is 3.47. The van der Waals surface area contributed by atoms with E-state index in [9.17, 15) is 19.0 Å². The fourth-order valence-corrected chi connectivity index (χ4v) is 7.11. The number of benzene rings is 2. The molecular formula is C32H29F3N4O3. The van der Waals surface area contributed by atoms with Crippen LogP contribution in [0.25, 0.3) is 32.9 Å². The lowest BCUT2D eigenvalue weighted by molar-refractivity contribution is -0.0417. The van der Waals surface area contributed by atoms with Crippen LogP contribution in [0.3, 0.4) is 0 Å². The first kappa shape index (κ1) is 26.9. The number of hydrogen-bond acceptors (Lipinski definition) is 7. The molecule has 10 heteroatoms. The number of fused-ring (bicyclic) bond motifs is 3. The minimum absolute atomic E-state index is 0.0732. The molecule has 2 N–H and O–H groups in total. The lowest BCUT2D eigenvalue weighted by Gasteiger charge is -2.42. The van der Waals surface area contributed by atoms with Gasteiger partial charge in [0.25, 0.3) is 0 Å². The molecule has 0 radical (unpaired) electrons. The second-order valence-electron chi connectivity index (χ2n) is 12.0. The number of aromatic hydroxyl groups is 1. The monoisotopic (exact) mass is 574 g/mol. The van der Waals surface area contributed by atoms with E-state index in [-0.39, 0.29) is 46.1 Å². The van der Waals surface area contributed by atoms with Crippen LogP contribution in [0.2, 0.25) is 0 Å². The number of phenolic OH excluding ortho intramolecular Hbond substituents is 1. The first-order valence-corrected chi connectivity index (χ1v) is 14.1. The van der Waals surface area contributed by atoms with Crippen molar-refractivity contribution in [2.24, 2.45) is 0 Å². The van der Waals surface area contributed by atoms with Crippen LogP contribution in [0.15, 0.2) is 30.5 Å². The third-order valence-corrected chi connectivity index (χ3v) is 9.40. The maximum absolute atomic E-state index is 16.5. The van der Waals surface area contributed by atoms with Gasteiger partial charge in [-0.25, -0.2) is 13.2 Å². The Kier molecular flexibility index (Phi) is 6.12. The molecule has 0 spiro atoms. The maximum Gasteiger partial charge on any atom is 0.317 e. The molecule has 0 bridgehead atoms. The number of rotatable bonds is 5. The van der Waals surface area contributed by atoms with Crippen molar-refractivity contribution in [2.75, 3.05) is 19.7 Å². The van der Waals surface area contributed by atoms with E-state index in [2.05, 4.69) is 25.8 Å². The van der Waals surface area contributed by atoms with Crippen molar-refractivity contribution in [1.29, 1.82) is 0 Å². The molecule has 4 heterocycles. The molecule has 2 saturated heterocycles. The normalized spacial score (nSPS) is 27.2. The van der Waals surface area contributed by atoms with E-state index in [1.54, 1.807) is 6.92 Å². The zero-order valence-electron chi connectivity index (χ0n) is 23.0. The number of halogens is 3. The Bertz CT molecular complexity index is 1810. The molecule has 1 aliphatic carbocycles. The SMILES string of the molecule is C#Cc1c(F)ccc2cc(O)cc(-c3ncc4c(C5CC[C@@]5(C)O)nc(OC[C@@]56CCCN5C[C@H](F)C6)nc4c3F)c12. The molecule has 0 amide bonds. The molecule has 3 fully saturated rings. The summed E-state index contributed by atoms with van der Waals surface area (Å²) in [4.78, 5) is 15.6. The van der Waals surface area contributed by atoms with Crippen molar-refractivity contribution >= 4 is 21.7 Å². The number of ether oxygens (including phenoxy) is 1. The van der Waals surface area contributed by atoms with Gasteiger partial charge < -0.3 is 14.9 Å². The Morgan fingerprint density at radius 1 is 1.21 bits per heavy atom. The van der Waals surface area contributed by atoms with E-state index in [1.807, 2.05) is 0 Å². The van der Waals surface area contributed by atoms with Crippen LogP contribution in [0, 0.1) is 24.0 Å². The number of nitrogens with zero attached hydrogens (tertiary/aromatic N) is 4. The van der Waals surface area contributed by atoms with Gasteiger partial charge in [0.1, 0.15) is 35.6 Å². The lowest BCUT2D eigenvalue weighted by Crippen LogP contribution is -2.44. The first-order chi connectivity index (χ1) is 20.1. The predicted molar refractivity (Wildman–Crippen MR) is 151 cm³/mol. The summed E-state index contributed by atoms with van der Waals surface area (Å²) < 4.78 is 51.7. The van der Waals surface area contributed by atoms with Crippen molar-refractivity contribution in [2.45, 2.75) is 62.3 Å². The van der Waals surface area contributed by atoms with Crippen LogP contribution in [0.5, 0.6) is 11.8 Å². The van der Waals surface area contributed by atoms with Gasteiger partial charge in [-0.05, 0) is 62.7 Å². The number of alkyl halides is 1. The third kappa shape index (κ3) is 4.09. The van der Waals surface area contributed by atoms with Gasteiger partial charge in [0.15, 0.2) is 5.82 Å². The lowest BCUT2D eigenvalue weighted by atomic mass is 9.68. The molecule has 1 saturated carbocycles. The Labute approximate surface area is 240 Å². The van der Waals surface area contributed by atoms with Crippen molar-refractivity contribution in [1.82, 2.24) is 19.9 Å². The second kappa shape index (κ2) is 9.54. The molecular weight excluding hydrogens is 545 g/mol. The summed E-state index contributed by atoms with van der Waals surface area (Å²) in [6.07, 6.45) is 9.37. The highest BCUT2D eigenvalue weighted by atomic mass is 19.1. The standard InChI is InChI=1S/C32H29F3N4O3/c1-3-20-24(34)6-5-17-11-19(40)12-21(25(17)20)28-26(35)29-22(14-36-28)27(23-7-9-31(23,2)41)37-30(38-29)42-16-32-8-4-10-39(32)15-18(33)13-32/h1,5-6,11-12,14,18,23,40-41H,4,7-10,13,15-16H2,2H3/t18-,23?,31-,32+/m1/s1. The largest absolute Gasteiger partial charge is 0.508 e. The molecule has 42 heavy (non-hydrogen) atoms. The molecule has 7 rings (SSSR count). The van der Waals surface area contributed by atoms with E-state index in [1.165, 1.54) is 30.5 Å². The molecule has 4 atom stereocenters. The highest BCUT2D eigenvalue weighted by Crippen LogP contribution is 2.48. The van der Waals surface area contributed by atoms with Gasteiger partial charge in [0, 0.05) is 41.4 Å². The smallest absolute Gasteiger partial charge is 0.317 e. The van der Waals surface area contributed by atoms with Crippen LogP contribution < -0.4 is 4.74 Å². The molecule has 2 aromatic carbocycles. The van der Waals surface area contributed by atoms with E-state index in [4.69, 9.17) is 11.2 Å².